The first kappa shape index (κ1) is 16.7. The molecule has 0 spiro atoms. The van der Waals surface area contributed by atoms with E-state index in [4.69, 9.17) is 11.5 Å². The molecule has 0 unspecified atom stereocenters. The summed E-state index contributed by atoms with van der Waals surface area (Å²) in [5, 5.41) is 7.46. The molecule has 8 heteroatoms. The lowest BCUT2D eigenvalue weighted by Crippen LogP contribution is -2.42. The van der Waals surface area contributed by atoms with E-state index in [0.29, 0.717) is 5.69 Å². The quantitative estimate of drug-likeness (QED) is 0.660. The van der Waals surface area contributed by atoms with Gasteiger partial charge in [0, 0.05) is 12.1 Å². The van der Waals surface area contributed by atoms with E-state index in [0.717, 1.165) is 29.2 Å². The van der Waals surface area contributed by atoms with Crippen molar-refractivity contribution in [2.75, 3.05) is 10.6 Å². The number of nitrogens with one attached hydrogen (secondary N) is 2. The number of nitrogens with zero attached hydrogens (tertiary/aromatic N) is 2. The summed E-state index contributed by atoms with van der Waals surface area (Å²) in [5.41, 5.74) is 14.1. The molecule has 2 aromatic rings. The number of nitrogens with two attached hydrogens (primary N) is 2. The molecule has 1 saturated carbocycles. The molecule has 7 nitrogen and oxygen atoms in total. The van der Waals surface area contributed by atoms with E-state index in [1.807, 2.05) is 19.1 Å². The fourth-order valence-electron chi connectivity index (χ4n) is 2.94. The number of hydrogen-bond donors (Lipinski definition) is 4. The van der Waals surface area contributed by atoms with Crippen LogP contribution in [0.25, 0.3) is 0 Å². The number of aryl methyl sites for hydroxylation is 1. The number of anilines is 3. The molecule has 1 aliphatic rings. The number of carbonyl (C=O) groups excluding carboxylic acids is 1. The third kappa shape index (κ3) is 3.82. The van der Waals surface area contributed by atoms with Crippen molar-refractivity contribution in [2.24, 2.45) is 11.5 Å². The number of pyridine rings is 1. The zero-order chi connectivity index (χ0) is 17.1. The molecular weight excluding hydrogens is 324 g/mol. The normalized spacial score (nSPS) is 20.6. The van der Waals surface area contributed by atoms with Gasteiger partial charge in [-0.2, -0.15) is 4.37 Å². The minimum Gasteiger partial charge on any atom is -0.379 e. The SMILES string of the molecule is Cc1cc(Nc2cc(N[C@@H]3CCCC[C@@H]3N)cnc2C(N)=O)sn1. The van der Waals surface area contributed by atoms with Crippen LogP contribution in [0.3, 0.4) is 0 Å². The van der Waals surface area contributed by atoms with Crippen LogP contribution in [0.1, 0.15) is 41.9 Å². The Morgan fingerprint density at radius 3 is 2.79 bits per heavy atom. The van der Waals surface area contributed by atoms with Crippen LogP contribution in [0, 0.1) is 6.92 Å². The molecular formula is C16H22N6OS. The maximum atomic E-state index is 11.6. The molecule has 3 rings (SSSR count). The number of amides is 1. The first-order valence-corrected chi connectivity index (χ1v) is 8.82. The third-order valence-electron chi connectivity index (χ3n) is 4.18. The molecule has 0 bridgehead atoms. The van der Waals surface area contributed by atoms with Crippen LogP contribution in [-0.2, 0) is 0 Å². The smallest absolute Gasteiger partial charge is 0.269 e. The second-order valence-corrected chi connectivity index (χ2v) is 6.95. The Balaban J connectivity index is 1.83. The lowest BCUT2D eigenvalue weighted by atomic mass is 9.91. The molecule has 0 radical (unpaired) electrons. The Kier molecular flexibility index (Phi) is 4.96. The summed E-state index contributed by atoms with van der Waals surface area (Å²) in [6.45, 7) is 1.91. The minimum atomic E-state index is -0.570. The van der Waals surface area contributed by atoms with Crippen molar-refractivity contribution in [2.45, 2.75) is 44.7 Å². The molecule has 1 fully saturated rings. The van der Waals surface area contributed by atoms with Crippen LogP contribution in [0.4, 0.5) is 16.4 Å². The second-order valence-electron chi connectivity index (χ2n) is 6.14. The molecule has 2 heterocycles. The predicted molar refractivity (Wildman–Crippen MR) is 96.7 cm³/mol. The van der Waals surface area contributed by atoms with E-state index in [1.165, 1.54) is 24.4 Å². The van der Waals surface area contributed by atoms with E-state index in [9.17, 15) is 4.79 Å². The van der Waals surface area contributed by atoms with Crippen LogP contribution in [0.15, 0.2) is 18.3 Å². The van der Waals surface area contributed by atoms with Crippen LogP contribution >= 0.6 is 11.5 Å². The van der Waals surface area contributed by atoms with Crippen LogP contribution in [0.2, 0.25) is 0 Å². The molecule has 2 atom stereocenters. The van der Waals surface area contributed by atoms with Gasteiger partial charge in [-0.05, 0) is 43.4 Å². The molecule has 0 saturated heterocycles. The summed E-state index contributed by atoms with van der Waals surface area (Å²) >= 11 is 1.33. The highest BCUT2D eigenvalue weighted by atomic mass is 32.1. The monoisotopic (exact) mass is 346 g/mol. The summed E-state index contributed by atoms with van der Waals surface area (Å²) < 4.78 is 4.22. The minimum absolute atomic E-state index is 0.134. The largest absolute Gasteiger partial charge is 0.379 e. The number of carbonyl (C=O) groups is 1. The molecule has 128 valence electrons. The lowest BCUT2D eigenvalue weighted by molar-refractivity contribution is 0.0996. The Hall–Kier alpha value is -2.19. The van der Waals surface area contributed by atoms with Gasteiger partial charge in [-0.15, -0.1) is 0 Å². The summed E-state index contributed by atoms with van der Waals surface area (Å²) in [5.74, 6) is -0.570. The van der Waals surface area contributed by atoms with Crippen molar-refractivity contribution < 1.29 is 4.79 Å². The summed E-state index contributed by atoms with van der Waals surface area (Å²) in [7, 11) is 0. The van der Waals surface area contributed by atoms with E-state index in [1.54, 1.807) is 6.20 Å². The Bertz CT molecular complexity index is 731. The highest BCUT2D eigenvalue weighted by Gasteiger charge is 2.22. The fraction of sp³-hybridized carbons (Fsp3) is 0.438. The van der Waals surface area contributed by atoms with Gasteiger partial charge in [-0.3, -0.25) is 4.79 Å². The zero-order valence-corrected chi connectivity index (χ0v) is 14.4. The maximum Gasteiger partial charge on any atom is 0.269 e. The molecule has 1 aliphatic carbocycles. The predicted octanol–water partition coefficient (Wildman–Crippen LogP) is 2.37. The van der Waals surface area contributed by atoms with Gasteiger partial charge in [0.1, 0.15) is 5.00 Å². The summed E-state index contributed by atoms with van der Waals surface area (Å²) in [6, 6.07) is 4.12. The van der Waals surface area contributed by atoms with Gasteiger partial charge >= 0.3 is 0 Å². The van der Waals surface area contributed by atoms with Gasteiger partial charge < -0.3 is 22.1 Å². The maximum absolute atomic E-state index is 11.6. The average molecular weight is 346 g/mol. The Morgan fingerprint density at radius 1 is 1.33 bits per heavy atom. The van der Waals surface area contributed by atoms with Crippen molar-refractivity contribution in [1.82, 2.24) is 9.36 Å². The van der Waals surface area contributed by atoms with Crippen molar-refractivity contribution in [1.29, 1.82) is 0 Å². The third-order valence-corrected chi connectivity index (χ3v) is 4.97. The fourth-order valence-corrected chi connectivity index (χ4v) is 3.62. The Labute approximate surface area is 145 Å². The molecule has 0 aliphatic heterocycles. The van der Waals surface area contributed by atoms with Crippen LogP contribution in [-0.4, -0.2) is 27.3 Å². The Morgan fingerprint density at radius 2 is 2.12 bits per heavy atom. The molecule has 0 aromatic carbocycles. The first-order chi connectivity index (χ1) is 11.5. The lowest BCUT2D eigenvalue weighted by Gasteiger charge is -2.30. The van der Waals surface area contributed by atoms with Crippen LogP contribution < -0.4 is 22.1 Å². The number of primary amides is 1. The van der Waals surface area contributed by atoms with Gasteiger partial charge in [-0.25, -0.2) is 4.98 Å². The molecule has 6 N–H and O–H groups in total. The van der Waals surface area contributed by atoms with Gasteiger partial charge in [-0.1, -0.05) is 12.8 Å². The highest BCUT2D eigenvalue weighted by Crippen LogP contribution is 2.27. The van der Waals surface area contributed by atoms with E-state index >= 15 is 0 Å². The van der Waals surface area contributed by atoms with Crippen LogP contribution in [0.5, 0.6) is 0 Å². The van der Waals surface area contributed by atoms with Crippen molar-refractivity contribution in [3.8, 4) is 0 Å². The van der Waals surface area contributed by atoms with E-state index < -0.39 is 5.91 Å². The van der Waals surface area contributed by atoms with E-state index in [2.05, 4.69) is 20.0 Å². The second kappa shape index (κ2) is 7.14. The van der Waals surface area contributed by atoms with Crippen molar-refractivity contribution in [3.05, 3.63) is 29.7 Å². The van der Waals surface area contributed by atoms with E-state index in [-0.39, 0.29) is 17.8 Å². The number of rotatable bonds is 5. The number of aromatic nitrogens is 2. The van der Waals surface area contributed by atoms with Gasteiger partial charge in [0.25, 0.3) is 5.91 Å². The summed E-state index contributed by atoms with van der Waals surface area (Å²) in [6.07, 6.45) is 6.04. The topological polar surface area (TPSA) is 119 Å². The van der Waals surface area contributed by atoms with Crippen molar-refractivity contribution >= 4 is 33.8 Å². The number of hydrogen-bond acceptors (Lipinski definition) is 7. The van der Waals surface area contributed by atoms with Gasteiger partial charge in [0.2, 0.25) is 0 Å². The standard InChI is InChI=1S/C16H22N6OS/c1-9-6-14(24-22-9)21-13-7-10(8-19-15(13)16(18)23)20-12-5-3-2-4-11(12)17/h6-8,11-12,20-21H,2-5,17H2,1H3,(H2,18,23)/t11-,12+/m0/s1. The molecule has 1 amide bonds. The zero-order valence-electron chi connectivity index (χ0n) is 13.6. The summed E-state index contributed by atoms with van der Waals surface area (Å²) in [4.78, 5) is 15.9. The molecule has 24 heavy (non-hydrogen) atoms. The highest BCUT2D eigenvalue weighted by molar-refractivity contribution is 7.10. The van der Waals surface area contributed by atoms with Gasteiger partial charge in [0.15, 0.2) is 5.69 Å². The van der Waals surface area contributed by atoms with Crippen molar-refractivity contribution in [3.63, 3.8) is 0 Å². The van der Waals surface area contributed by atoms with Gasteiger partial charge in [0.05, 0.1) is 23.3 Å². The molecule has 2 aromatic heterocycles. The first-order valence-electron chi connectivity index (χ1n) is 8.05. The average Bonchev–Trinajstić information content (AvgIpc) is 2.94.